The number of nitrogens with one attached hydrogen (secondary N) is 1. The summed E-state index contributed by atoms with van der Waals surface area (Å²) in [7, 11) is 0. The second-order valence-electron chi connectivity index (χ2n) is 6.12. The molecule has 1 saturated heterocycles. The molecule has 1 aromatic rings. The van der Waals surface area contributed by atoms with Gasteiger partial charge in [-0.3, -0.25) is 0 Å². The molecule has 1 unspecified atom stereocenters. The van der Waals surface area contributed by atoms with Crippen LogP contribution in [0.1, 0.15) is 57.7 Å². The van der Waals surface area contributed by atoms with Gasteiger partial charge in [0, 0.05) is 17.8 Å². The standard InChI is InChI=1S/C14H23N3/c1-14(2,11-6-7-11)17-10-15-9-13(17)12-5-3-4-8-16-12/h9-12,16H,3-8H2,1-2H3. The Bertz CT molecular complexity index is 384. The van der Waals surface area contributed by atoms with Crippen molar-refractivity contribution >= 4 is 0 Å². The van der Waals surface area contributed by atoms with Gasteiger partial charge in [0.15, 0.2) is 0 Å². The highest BCUT2D eigenvalue weighted by atomic mass is 15.1. The van der Waals surface area contributed by atoms with Crippen molar-refractivity contribution in [3.63, 3.8) is 0 Å². The molecule has 1 atom stereocenters. The van der Waals surface area contributed by atoms with Crippen LogP contribution in [0.2, 0.25) is 0 Å². The molecule has 0 spiro atoms. The van der Waals surface area contributed by atoms with Gasteiger partial charge in [-0.15, -0.1) is 0 Å². The number of piperidine rings is 1. The number of aromatic nitrogens is 2. The van der Waals surface area contributed by atoms with Crippen molar-refractivity contribution in [2.24, 2.45) is 5.92 Å². The molecule has 2 aliphatic rings. The largest absolute Gasteiger partial charge is 0.327 e. The molecule has 3 rings (SSSR count). The Morgan fingerprint density at radius 2 is 2.12 bits per heavy atom. The molecular weight excluding hydrogens is 210 g/mol. The van der Waals surface area contributed by atoms with E-state index in [1.54, 1.807) is 0 Å². The average molecular weight is 233 g/mol. The van der Waals surface area contributed by atoms with Gasteiger partial charge in [-0.1, -0.05) is 6.42 Å². The molecule has 3 nitrogen and oxygen atoms in total. The lowest BCUT2D eigenvalue weighted by atomic mass is 9.95. The maximum Gasteiger partial charge on any atom is 0.0953 e. The molecule has 0 radical (unpaired) electrons. The minimum absolute atomic E-state index is 0.241. The number of rotatable bonds is 3. The SMILES string of the molecule is CC(C)(C1CC1)n1cncc1C1CCCCN1. The molecule has 1 aliphatic carbocycles. The molecule has 1 saturated carbocycles. The lowest BCUT2D eigenvalue weighted by molar-refractivity contribution is 0.278. The van der Waals surface area contributed by atoms with E-state index < -0.39 is 0 Å². The summed E-state index contributed by atoms with van der Waals surface area (Å²) in [6.07, 6.45) is 10.8. The van der Waals surface area contributed by atoms with Crippen LogP contribution in [0.15, 0.2) is 12.5 Å². The summed E-state index contributed by atoms with van der Waals surface area (Å²) in [6, 6.07) is 0.518. The first-order chi connectivity index (χ1) is 8.19. The molecular formula is C14H23N3. The van der Waals surface area contributed by atoms with Crippen molar-refractivity contribution in [3.05, 3.63) is 18.2 Å². The van der Waals surface area contributed by atoms with E-state index in [9.17, 15) is 0 Å². The van der Waals surface area contributed by atoms with Crippen molar-refractivity contribution in [1.29, 1.82) is 0 Å². The predicted molar refractivity (Wildman–Crippen MR) is 68.9 cm³/mol. The van der Waals surface area contributed by atoms with Crippen molar-refractivity contribution < 1.29 is 0 Å². The number of imidazole rings is 1. The second-order valence-corrected chi connectivity index (χ2v) is 6.12. The summed E-state index contributed by atoms with van der Waals surface area (Å²) in [4.78, 5) is 4.40. The van der Waals surface area contributed by atoms with Gasteiger partial charge >= 0.3 is 0 Å². The van der Waals surface area contributed by atoms with E-state index in [1.165, 1.54) is 37.8 Å². The van der Waals surface area contributed by atoms with Crippen molar-refractivity contribution in [2.45, 2.75) is 57.5 Å². The molecule has 0 bridgehead atoms. The molecule has 0 amide bonds. The van der Waals surface area contributed by atoms with Gasteiger partial charge in [-0.2, -0.15) is 0 Å². The van der Waals surface area contributed by atoms with Crippen LogP contribution in [-0.2, 0) is 5.54 Å². The summed E-state index contributed by atoms with van der Waals surface area (Å²) in [6.45, 7) is 5.87. The van der Waals surface area contributed by atoms with Crippen LogP contribution in [0.3, 0.4) is 0 Å². The van der Waals surface area contributed by atoms with Crippen molar-refractivity contribution in [3.8, 4) is 0 Å². The third-order valence-electron chi connectivity index (χ3n) is 4.53. The average Bonchev–Trinajstić information content (AvgIpc) is 3.08. The van der Waals surface area contributed by atoms with Crippen LogP contribution in [0.4, 0.5) is 0 Å². The fraction of sp³-hybridized carbons (Fsp3) is 0.786. The molecule has 1 aliphatic heterocycles. The first-order valence-corrected chi connectivity index (χ1v) is 6.95. The van der Waals surface area contributed by atoms with Gasteiger partial charge in [0.25, 0.3) is 0 Å². The van der Waals surface area contributed by atoms with Crippen molar-refractivity contribution in [2.75, 3.05) is 6.54 Å². The van der Waals surface area contributed by atoms with Gasteiger partial charge in [0.2, 0.25) is 0 Å². The minimum atomic E-state index is 0.241. The Balaban J connectivity index is 1.87. The highest BCUT2D eigenvalue weighted by Crippen LogP contribution is 2.45. The normalized spacial score (nSPS) is 26.1. The van der Waals surface area contributed by atoms with Gasteiger partial charge in [-0.05, 0) is 52.0 Å². The molecule has 94 valence electrons. The molecule has 2 fully saturated rings. The smallest absolute Gasteiger partial charge is 0.0953 e. The molecule has 1 aromatic heterocycles. The van der Waals surface area contributed by atoms with E-state index in [0.717, 1.165) is 12.5 Å². The third-order valence-corrected chi connectivity index (χ3v) is 4.53. The van der Waals surface area contributed by atoms with E-state index in [0.29, 0.717) is 6.04 Å². The Hall–Kier alpha value is -0.830. The quantitative estimate of drug-likeness (QED) is 0.870. The Labute approximate surface area is 104 Å². The molecule has 17 heavy (non-hydrogen) atoms. The van der Waals surface area contributed by atoms with Gasteiger partial charge in [-0.25, -0.2) is 4.98 Å². The van der Waals surface area contributed by atoms with Crippen LogP contribution < -0.4 is 5.32 Å². The highest BCUT2D eigenvalue weighted by Gasteiger charge is 2.40. The van der Waals surface area contributed by atoms with E-state index in [-0.39, 0.29) is 5.54 Å². The Kier molecular flexibility index (Phi) is 2.74. The second kappa shape index (κ2) is 4.13. The van der Waals surface area contributed by atoms with Crippen LogP contribution in [-0.4, -0.2) is 16.1 Å². The monoisotopic (exact) mass is 233 g/mol. The van der Waals surface area contributed by atoms with E-state index in [2.05, 4.69) is 34.9 Å². The first-order valence-electron chi connectivity index (χ1n) is 6.95. The summed E-state index contributed by atoms with van der Waals surface area (Å²) >= 11 is 0. The molecule has 2 heterocycles. The van der Waals surface area contributed by atoms with Gasteiger partial charge < -0.3 is 9.88 Å². The zero-order valence-corrected chi connectivity index (χ0v) is 10.9. The number of hydrogen-bond acceptors (Lipinski definition) is 2. The fourth-order valence-electron chi connectivity index (χ4n) is 3.14. The third kappa shape index (κ3) is 2.01. The van der Waals surface area contributed by atoms with Gasteiger partial charge in [0.1, 0.15) is 0 Å². The zero-order valence-electron chi connectivity index (χ0n) is 10.9. The fourth-order valence-corrected chi connectivity index (χ4v) is 3.14. The summed E-state index contributed by atoms with van der Waals surface area (Å²) in [5, 5.41) is 3.63. The summed E-state index contributed by atoms with van der Waals surface area (Å²) in [5.41, 5.74) is 1.63. The van der Waals surface area contributed by atoms with Crippen molar-refractivity contribution in [1.82, 2.24) is 14.9 Å². The maximum atomic E-state index is 4.40. The predicted octanol–water partition coefficient (Wildman–Crippen LogP) is 2.84. The minimum Gasteiger partial charge on any atom is -0.327 e. The van der Waals surface area contributed by atoms with Crippen LogP contribution in [0.5, 0.6) is 0 Å². The molecule has 0 aromatic carbocycles. The first kappa shape index (κ1) is 11.3. The van der Waals surface area contributed by atoms with Crippen LogP contribution in [0.25, 0.3) is 0 Å². The van der Waals surface area contributed by atoms with E-state index >= 15 is 0 Å². The number of hydrogen-bond donors (Lipinski definition) is 1. The number of nitrogens with zero attached hydrogens (tertiary/aromatic N) is 2. The molecule has 3 heteroatoms. The zero-order chi connectivity index (χ0) is 11.9. The molecule has 1 N–H and O–H groups in total. The van der Waals surface area contributed by atoms with E-state index in [4.69, 9.17) is 0 Å². The van der Waals surface area contributed by atoms with Crippen LogP contribution in [0, 0.1) is 5.92 Å². The highest BCUT2D eigenvalue weighted by molar-refractivity contribution is 5.11. The topological polar surface area (TPSA) is 29.9 Å². The van der Waals surface area contributed by atoms with E-state index in [1.807, 2.05) is 6.33 Å². The summed E-state index contributed by atoms with van der Waals surface area (Å²) < 4.78 is 2.42. The van der Waals surface area contributed by atoms with Gasteiger partial charge in [0.05, 0.1) is 12.0 Å². The lowest BCUT2D eigenvalue weighted by Crippen LogP contribution is -2.35. The Morgan fingerprint density at radius 1 is 1.29 bits per heavy atom. The lowest BCUT2D eigenvalue weighted by Gasteiger charge is -2.32. The maximum absolute atomic E-state index is 4.40. The Morgan fingerprint density at radius 3 is 2.76 bits per heavy atom. The van der Waals surface area contributed by atoms with Crippen LogP contribution >= 0.6 is 0 Å². The summed E-state index contributed by atoms with van der Waals surface area (Å²) in [5.74, 6) is 0.846.